The van der Waals surface area contributed by atoms with Crippen molar-refractivity contribution in [2.45, 2.75) is 57.7 Å². The van der Waals surface area contributed by atoms with E-state index >= 15 is 0 Å². The van der Waals surface area contributed by atoms with Crippen LogP contribution in [0.1, 0.15) is 38.7 Å². The van der Waals surface area contributed by atoms with Gasteiger partial charge in [0.25, 0.3) is 0 Å². The molecule has 1 aromatic carbocycles. The van der Waals surface area contributed by atoms with Gasteiger partial charge in [-0.15, -0.1) is 0 Å². The van der Waals surface area contributed by atoms with Crippen LogP contribution in [-0.4, -0.2) is 52.5 Å². The Bertz CT molecular complexity index is 901. The van der Waals surface area contributed by atoms with E-state index in [1.807, 2.05) is 30.5 Å². The molecule has 0 saturated carbocycles. The molecule has 1 saturated heterocycles. The number of carboxylic acids is 1. The highest BCUT2D eigenvalue weighted by Gasteiger charge is 2.31. The number of aromatic amines is 1. The predicted molar refractivity (Wildman–Crippen MR) is 114 cm³/mol. The summed E-state index contributed by atoms with van der Waals surface area (Å²) in [6, 6.07) is 5.50. The summed E-state index contributed by atoms with van der Waals surface area (Å²) in [6.07, 6.45) is 4.79. The number of piperidine rings is 1. The molecule has 1 aliphatic heterocycles. The van der Waals surface area contributed by atoms with Crippen LogP contribution in [0.15, 0.2) is 30.5 Å². The van der Waals surface area contributed by atoms with Crippen molar-refractivity contribution >= 4 is 28.7 Å². The Morgan fingerprint density at radius 2 is 1.93 bits per heavy atom. The number of H-pyrrole nitrogens is 1. The number of fused-ring (bicyclic) bond motifs is 1. The summed E-state index contributed by atoms with van der Waals surface area (Å²) in [5.74, 6) is -2.10. The SMILES string of the molecule is CC(C)[C@H](NC(=O)[C@H](Cc1c[nH]c2ccccc12)NC(=O)[C@@H]1CCCCN1)C(=O)O. The molecule has 3 rings (SSSR count). The molecule has 2 aromatic rings. The highest BCUT2D eigenvalue weighted by molar-refractivity contribution is 5.93. The average Bonchev–Trinajstić information content (AvgIpc) is 3.14. The van der Waals surface area contributed by atoms with E-state index in [0.717, 1.165) is 42.3 Å². The van der Waals surface area contributed by atoms with Gasteiger partial charge in [-0.25, -0.2) is 4.79 Å². The summed E-state index contributed by atoms with van der Waals surface area (Å²) in [7, 11) is 0. The van der Waals surface area contributed by atoms with Gasteiger partial charge in [0.1, 0.15) is 12.1 Å². The summed E-state index contributed by atoms with van der Waals surface area (Å²) in [5.41, 5.74) is 1.83. The number of carboxylic acid groups (broad SMARTS) is 1. The maximum Gasteiger partial charge on any atom is 0.326 e. The third kappa shape index (κ3) is 5.18. The fourth-order valence-corrected chi connectivity index (χ4v) is 3.85. The molecule has 0 radical (unpaired) electrons. The number of aliphatic carboxylic acids is 1. The Morgan fingerprint density at radius 3 is 2.60 bits per heavy atom. The number of amides is 2. The molecule has 0 bridgehead atoms. The van der Waals surface area contributed by atoms with E-state index in [0.29, 0.717) is 0 Å². The maximum atomic E-state index is 13.0. The zero-order valence-corrected chi connectivity index (χ0v) is 17.4. The van der Waals surface area contributed by atoms with Crippen LogP contribution in [0, 0.1) is 5.92 Å². The molecule has 3 atom stereocenters. The van der Waals surface area contributed by atoms with Crippen molar-refractivity contribution in [1.82, 2.24) is 20.9 Å². The number of hydrogen-bond donors (Lipinski definition) is 5. The summed E-state index contributed by atoms with van der Waals surface area (Å²) >= 11 is 0. The van der Waals surface area contributed by atoms with Gasteiger partial charge in [0, 0.05) is 23.5 Å². The number of rotatable bonds is 8. The Morgan fingerprint density at radius 1 is 1.17 bits per heavy atom. The monoisotopic (exact) mass is 414 g/mol. The fourth-order valence-electron chi connectivity index (χ4n) is 3.85. The number of hydrogen-bond acceptors (Lipinski definition) is 4. The Hall–Kier alpha value is -2.87. The number of nitrogens with one attached hydrogen (secondary N) is 4. The quantitative estimate of drug-likeness (QED) is 0.449. The lowest BCUT2D eigenvalue weighted by Gasteiger charge is -2.27. The molecule has 0 unspecified atom stereocenters. The lowest BCUT2D eigenvalue weighted by Crippen LogP contribution is -2.57. The number of carbonyl (C=O) groups is 3. The second-order valence-corrected chi connectivity index (χ2v) is 8.20. The van der Waals surface area contributed by atoms with Gasteiger partial charge in [-0.3, -0.25) is 9.59 Å². The predicted octanol–water partition coefficient (Wildman–Crippen LogP) is 1.56. The number of para-hydroxylation sites is 1. The van der Waals surface area contributed by atoms with Crippen LogP contribution in [0.3, 0.4) is 0 Å². The molecule has 5 N–H and O–H groups in total. The van der Waals surface area contributed by atoms with Gasteiger partial charge in [-0.2, -0.15) is 0 Å². The van der Waals surface area contributed by atoms with Crippen LogP contribution in [0.5, 0.6) is 0 Å². The standard InChI is InChI=1S/C22H30N4O4/c1-13(2)19(22(29)30)26-21(28)18(25-20(27)17-9-5-6-10-23-17)11-14-12-24-16-8-4-3-7-15(14)16/h3-4,7-8,12-13,17-19,23-24H,5-6,9-11H2,1-2H3,(H,25,27)(H,26,28)(H,29,30)/t17-,18-,19-/m0/s1. The van der Waals surface area contributed by atoms with E-state index in [1.54, 1.807) is 13.8 Å². The zero-order chi connectivity index (χ0) is 21.7. The molecule has 0 spiro atoms. The molecule has 1 aromatic heterocycles. The zero-order valence-electron chi connectivity index (χ0n) is 17.4. The van der Waals surface area contributed by atoms with Crippen LogP contribution in [-0.2, 0) is 20.8 Å². The Labute approximate surface area is 175 Å². The molecule has 1 fully saturated rings. The van der Waals surface area contributed by atoms with Gasteiger partial charge in [-0.05, 0) is 36.9 Å². The summed E-state index contributed by atoms with van der Waals surface area (Å²) in [5, 5.41) is 19.1. The van der Waals surface area contributed by atoms with Crippen molar-refractivity contribution in [3.8, 4) is 0 Å². The highest BCUT2D eigenvalue weighted by atomic mass is 16.4. The first-order valence-electron chi connectivity index (χ1n) is 10.5. The smallest absolute Gasteiger partial charge is 0.326 e. The van der Waals surface area contributed by atoms with E-state index in [4.69, 9.17) is 0 Å². The van der Waals surface area contributed by atoms with Crippen molar-refractivity contribution in [2.24, 2.45) is 5.92 Å². The Kier molecular flexibility index (Phi) is 7.10. The first-order valence-corrected chi connectivity index (χ1v) is 10.5. The Balaban J connectivity index is 1.80. The minimum Gasteiger partial charge on any atom is -0.480 e. The molecular formula is C22H30N4O4. The summed E-state index contributed by atoms with van der Waals surface area (Å²) in [6.45, 7) is 4.24. The van der Waals surface area contributed by atoms with Gasteiger partial charge >= 0.3 is 5.97 Å². The highest BCUT2D eigenvalue weighted by Crippen LogP contribution is 2.19. The molecule has 2 heterocycles. The summed E-state index contributed by atoms with van der Waals surface area (Å²) < 4.78 is 0. The minimum absolute atomic E-state index is 0.230. The van der Waals surface area contributed by atoms with Crippen molar-refractivity contribution in [3.05, 3.63) is 36.0 Å². The van der Waals surface area contributed by atoms with Crippen LogP contribution in [0.4, 0.5) is 0 Å². The van der Waals surface area contributed by atoms with Crippen molar-refractivity contribution in [1.29, 1.82) is 0 Å². The van der Waals surface area contributed by atoms with Gasteiger partial charge in [0.2, 0.25) is 11.8 Å². The summed E-state index contributed by atoms with van der Waals surface area (Å²) in [4.78, 5) is 40.5. The van der Waals surface area contributed by atoms with Crippen LogP contribution >= 0.6 is 0 Å². The lowest BCUT2D eigenvalue weighted by molar-refractivity contribution is -0.143. The largest absolute Gasteiger partial charge is 0.480 e. The second kappa shape index (κ2) is 9.75. The van der Waals surface area contributed by atoms with Gasteiger partial charge < -0.3 is 26.0 Å². The van der Waals surface area contributed by atoms with E-state index in [-0.39, 0.29) is 24.3 Å². The van der Waals surface area contributed by atoms with Gasteiger partial charge in [-0.1, -0.05) is 38.5 Å². The molecule has 1 aliphatic rings. The van der Waals surface area contributed by atoms with Crippen LogP contribution in [0.2, 0.25) is 0 Å². The normalized spacial score (nSPS) is 18.7. The number of aromatic nitrogens is 1. The second-order valence-electron chi connectivity index (χ2n) is 8.20. The molecule has 0 aliphatic carbocycles. The molecule has 8 heteroatoms. The topological polar surface area (TPSA) is 123 Å². The lowest BCUT2D eigenvalue weighted by atomic mass is 10.00. The number of carbonyl (C=O) groups excluding carboxylic acids is 2. The third-order valence-corrected chi connectivity index (χ3v) is 5.59. The van der Waals surface area contributed by atoms with E-state index < -0.39 is 24.0 Å². The van der Waals surface area contributed by atoms with E-state index in [9.17, 15) is 19.5 Å². The average molecular weight is 415 g/mol. The molecule has 8 nitrogen and oxygen atoms in total. The van der Waals surface area contributed by atoms with Crippen LogP contribution in [0.25, 0.3) is 10.9 Å². The fraction of sp³-hybridized carbons (Fsp3) is 0.500. The van der Waals surface area contributed by atoms with Crippen molar-refractivity contribution in [3.63, 3.8) is 0 Å². The number of benzene rings is 1. The molecule has 30 heavy (non-hydrogen) atoms. The minimum atomic E-state index is -1.09. The molecule has 162 valence electrons. The third-order valence-electron chi connectivity index (χ3n) is 5.59. The van der Waals surface area contributed by atoms with E-state index in [1.165, 1.54) is 0 Å². The van der Waals surface area contributed by atoms with Crippen molar-refractivity contribution < 1.29 is 19.5 Å². The first kappa shape index (κ1) is 21.8. The van der Waals surface area contributed by atoms with Gasteiger partial charge in [0.15, 0.2) is 0 Å². The maximum absolute atomic E-state index is 13.0. The first-order chi connectivity index (χ1) is 14.4. The molecule has 2 amide bonds. The van der Waals surface area contributed by atoms with Crippen molar-refractivity contribution in [2.75, 3.05) is 6.54 Å². The van der Waals surface area contributed by atoms with E-state index in [2.05, 4.69) is 20.9 Å². The van der Waals surface area contributed by atoms with Crippen LogP contribution < -0.4 is 16.0 Å². The molecular weight excluding hydrogens is 384 g/mol. The van der Waals surface area contributed by atoms with Gasteiger partial charge in [0.05, 0.1) is 6.04 Å².